The Morgan fingerprint density at radius 3 is 1.65 bits per heavy atom. The van der Waals surface area contributed by atoms with Gasteiger partial charge < -0.3 is 19.8 Å². The molecule has 0 heterocycles. The van der Waals surface area contributed by atoms with Crippen LogP contribution >= 0.6 is 0 Å². The van der Waals surface area contributed by atoms with Crippen LogP contribution in [0.5, 0.6) is 0 Å². The van der Waals surface area contributed by atoms with Crippen molar-refractivity contribution < 1.29 is 19.8 Å². The fourth-order valence-corrected chi connectivity index (χ4v) is 2.38. The summed E-state index contributed by atoms with van der Waals surface area (Å²) < 4.78 is 0. The van der Waals surface area contributed by atoms with Crippen LogP contribution in [0.2, 0.25) is 0 Å². The van der Waals surface area contributed by atoms with Gasteiger partial charge in [-0.25, -0.2) is 0 Å². The lowest BCUT2D eigenvalue weighted by atomic mass is 9.73. The van der Waals surface area contributed by atoms with Crippen molar-refractivity contribution in [2.24, 2.45) is 17.3 Å². The molecule has 0 aliphatic carbocycles. The van der Waals surface area contributed by atoms with E-state index in [1.165, 1.54) is 0 Å². The van der Waals surface area contributed by atoms with E-state index in [4.69, 9.17) is 0 Å². The minimum absolute atomic E-state index is 0.0849. The predicted molar refractivity (Wildman–Crippen MR) is 74.4 cm³/mol. The van der Waals surface area contributed by atoms with Crippen molar-refractivity contribution in [2.45, 2.75) is 72.6 Å². The van der Waals surface area contributed by atoms with Gasteiger partial charge in [0.2, 0.25) is 0 Å². The smallest absolute Gasteiger partial charge is 0.0476 e. The Hall–Kier alpha value is -1.06. The summed E-state index contributed by atoms with van der Waals surface area (Å²) in [5.74, 6) is -1.30. The van der Waals surface area contributed by atoms with Gasteiger partial charge in [0, 0.05) is 17.4 Å². The zero-order valence-electron chi connectivity index (χ0n) is 13.2. The molecule has 4 heteroatoms. The molecule has 0 aliphatic rings. The second-order valence-electron chi connectivity index (χ2n) is 6.66. The summed E-state index contributed by atoms with van der Waals surface area (Å²) in [6.07, 6.45) is 3.38. The third-order valence-corrected chi connectivity index (χ3v) is 3.87. The van der Waals surface area contributed by atoms with Crippen molar-refractivity contribution >= 4 is 11.9 Å². The zero-order valence-corrected chi connectivity index (χ0v) is 13.2. The fourth-order valence-electron chi connectivity index (χ4n) is 2.38. The van der Waals surface area contributed by atoms with Crippen LogP contribution in [0.4, 0.5) is 0 Å². The van der Waals surface area contributed by atoms with Gasteiger partial charge in [-0.05, 0) is 43.9 Å². The van der Waals surface area contributed by atoms with E-state index in [0.717, 1.165) is 12.8 Å². The predicted octanol–water partition coefficient (Wildman–Crippen LogP) is 1.52. The van der Waals surface area contributed by atoms with E-state index in [9.17, 15) is 19.8 Å². The molecule has 0 saturated heterocycles. The maximum absolute atomic E-state index is 11.6. The Morgan fingerprint density at radius 2 is 1.35 bits per heavy atom. The minimum Gasteiger partial charge on any atom is -0.550 e. The van der Waals surface area contributed by atoms with Gasteiger partial charge in [0.1, 0.15) is 0 Å². The van der Waals surface area contributed by atoms with Crippen LogP contribution in [0, 0.1) is 17.3 Å². The molecule has 0 atom stereocenters. The molecule has 0 bridgehead atoms. The van der Waals surface area contributed by atoms with Crippen LogP contribution < -0.4 is 10.2 Å². The van der Waals surface area contributed by atoms with Crippen LogP contribution in [-0.4, -0.2) is 11.9 Å². The highest BCUT2D eigenvalue weighted by atomic mass is 16.4. The second kappa shape index (κ2) is 8.98. The van der Waals surface area contributed by atoms with E-state index >= 15 is 0 Å². The molecule has 4 nitrogen and oxygen atoms in total. The van der Waals surface area contributed by atoms with Crippen molar-refractivity contribution in [3.05, 3.63) is 0 Å². The number of carboxylic acid groups (broad SMARTS) is 2. The normalized spacial score (nSPS) is 12.1. The first kappa shape index (κ1) is 18.9. The average molecular weight is 284 g/mol. The van der Waals surface area contributed by atoms with Gasteiger partial charge in [0.05, 0.1) is 0 Å². The lowest BCUT2D eigenvalue weighted by Crippen LogP contribution is -2.43. The van der Waals surface area contributed by atoms with Crippen LogP contribution in [0.3, 0.4) is 0 Å². The molecular weight excluding hydrogens is 256 g/mol. The quantitative estimate of drug-likeness (QED) is 0.576. The molecule has 0 amide bonds. The molecule has 0 unspecified atom stereocenters. The van der Waals surface area contributed by atoms with E-state index in [0.29, 0.717) is 37.5 Å². The monoisotopic (exact) mass is 284 g/mol. The van der Waals surface area contributed by atoms with Gasteiger partial charge in [-0.15, -0.1) is 0 Å². The van der Waals surface area contributed by atoms with Gasteiger partial charge in [-0.2, -0.15) is 0 Å². The number of carbonyl (C=O) groups is 2. The van der Waals surface area contributed by atoms with Gasteiger partial charge in [-0.3, -0.25) is 0 Å². The molecule has 0 saturated carbocycles. The molecule has 0 N–H and O–H groups in total. The highest BCUT2D eigenvalue weighted by molar-refractivity contribution is 5.72. The van der Waals surface area contributed by atoms with Crippen molar-refractivity contribution in [1.29, 1.82) is 0 Å². The molecule has 0 radical (unpaired) electrons. The maximum Gasteiger partial charge on any atom is 0.0476 e. The average Bonchev–Trinajstić information content (AvgIpc) is 2.31. The van der Waals surface area contributed by atoms with Gasteiger partial charge in [-0.1, -0.05) is 40.5 Å². The van der Waals surface area contributed by atoms with Crippen LogP contribution in [0.25, 0.3) is 0 Å². The highest BCUT2D eigenvalue weighted by Crippen LogP contribution is 2.37. The standard InChI is InChI=1S/C16H30O4/c1-12(2)7-10-16(15(19)20,11-8-13(3)4)9-5-6-14(17)18/h12-13H,5-11H2,1-4H3,(H,17,18)(H,19,20)/p-2. The van der Waals surface area contributed by atoms with E-state index in [-0.39, 0.29) is 6.42 Å². The van der Waals surface area contributed by atoms with Crippen molar-refractivity contribution in [2.75, 3.05) is 0 Å². The first-order valence-corrected chi connectivity index (χ1v) is 7.61. The number of rotatable bonds is 11. The van der Waals surface area contributed by atoms with Crippen molar-refractivity contribution in [1.82, 2.24) is 0 Å². The number of hydrogen-bond donors (Lipinski definition) is 0. The largest absolute Gasteiger partial charge is 0.550 e. The van der Waals surface area contributed by atoms with Crippen LogP contribution in [-0.2, 0) is 9.59 Å². The molecule has 118 valence electrons. The second-order valence-corrected chi connectivity index (χ2v) is 6.66. The van der Waals surface area contributed by atoms with Gasteiger partial charge in [0.25, 0.3) is 0 Å². The number of aliphatic carboxylic acids is 2. The molecule has 20 heavy (non-hydrogen) atoms. The van der Waals surface area contributed by atoms with E-state index < -0.39 is 17.4 Å². The molecule has 0 fully saturated rings. The summed E-state index contributed by atoms with van der Waals surface area (Å²) in [6, 6.07) is 0. The topological polar surface area (TPSA) is 80.3 Å². The molecule has 0 aromatic rings. The molecule has 0 rings (SSSR count). The number of hydrogen-bond acceptors (Lipinski definition) is 4. The third kappa shape index (κ3) is 7.51. The summed E-state index contributed by atoms with van der Waals surface area (Å²) >= 11 is 0. The first-order valence-electron chi connectivity index (χ1n) is 7.61. The summed E-state index contributed by atoms with van der Waals surface area (Å²) in [5, 5.41) is 22.2. The van der Waals surface area contributed by atoms with Crippen molar-refractivity contribution in [3.8, 4) is 0 Å². The van der Waals surface area contributed by atoms with E-state index in [1.807, 2.05) is 0 Å². The minimum atomic E-state index is -1.12. The molecule has 0 aliphatic heterocycles. The number of carbonyl (C=O) groups excluding carboxylic acids is 2. The van der Waals surface area contributed by atoms with Crippen LogP contribution in [0.15, 0.2) is 0 Å². The summed E-state index contributed by atoms with van der Waals surface area (Å²) in [4.78, 5) is 22.2. The van der Waals surface area contributed by atoms with Crippen molar-refractivity contribution in [3.63, 3.8) is 0 Å². The lowest BCUT2D eigenvalue weighted by Gasteiger charge is -2.36. The maximum atomic E-state index is 11.6. The Bertz CT molecular complexity index is 296. The molecule has 0 spiro atoms. The SMILES string of the molecule is CC(C)CCC(CCCC(=O)[O-])(CCC(C)C)C(=O)[O-]. The summed E-state index contributed by atoms with van der Waals surface area (Å²) in [5.41, 5.74) is -0.885. The Labute approximate surface area is 122 Å². The van der Waals surface area contributed by atoms with Crippen LogP contribution in [0.1, 0.15) is 72.6 Å². The zero-order chi connectivity index (χ0) is 15.8. The third-order valence-electron chi connectivity index (χ3n) is 3.87. The Balaban J connectivity index is 4.81. The molecular formula is C16H28O4-2. The molecule has 0 aromatic carbocycles. The summed E-state index contributed by atoms with van der Waals surface area (Å²) in [7, 11) is 0. The first-order chi connectivity index (χ1) is 9.19. The summed E-state index contributed by atoms with van der Waals surface area (Å²) in [6.45, 7) is 8.24. The Morgan fingerprint density at radius 1 is 0.900 bits per heavy atom. The Kier molecular flexibility index (Phi) is 8.51. The van der Waals surface area contributed by atoms with E-state index in [2.05, 4.69) is 27.7 Å². The lowest BCUT2D eigenvalue weighted by molar-refractivity contribution is -0.321. The molecule has 0 aromatic heterocycles. The number of carboxylic acids is 2. The van der Waals surface area contributed by atoms with E-state index in [1.54, 1.807) is 0 Å². The van der Waals surface area contributed by atoms with Gasteiger partial charge >= 0.3 is 0 Å². The van der Waals surface area contributed by atoms with Gasteiger partial charge in [0.15, 0.2) is 0 Å². The fraction of sp³-hybridized carbons (Fsp3) is 0.875. The highest BCUT2D eigenvalue weighted by Gasteiger charge is 2.31.